The van der Waals surface area contributed by atoms with Crippen molar-refractivity contribution in [3.8, 4) is 0 Å². The predicted octanol–water partition coefficient (Wildman–Crippen LogP) is 0.188. The highest BCUT2D eigenvalue weighted by Crippen LogP contribution is 2.15. The van der Waals surface area contributed by atoms with Crippen molar-refractivity contribution in [2.75, 3.05) is 19.6 Å². The monoisotopic (exact) mass is 397 g/mol. The summed E-state index contributed by atoms with van der Waals surface area (Å²) in [5.41, 5.74) is 0. The number of aryl methyl sites for hydroxylation is 1. The van der Waals surface area contributed by atoms with Crippen LogP contribution >= 0.6 is 11.3 Å². The van der Waals surface area contributed by atoms with Crippen LogP contribution in [-0.2, 0) is 23.0 Å². The van der Waals surface area contributed by atoms with Gasteiger partial charge in [-0.1, -0.05) is 6.07 Å². The Balaban J connectivity index is 1.51. The highest BCUT2D eigenvalue weighted by atomic mass is 32.2. The van der Waals surface area contributed by atoms with Crippen molar-refractivity contribution in [3.63, 3.8) is 0 Å². The van der Waals surface area contributed by atoms with Crippen LogP contribution in [0, 0.1) is 0 Å². The minimum absolute atomic E-state index is 0.213. The number of fused-ring (bicyclic) bond motifs is 1. The lowest BCUT2D eigenvalue weighted by Gasteiger charge is -2.25. The van der Waals surface area contributed by atoms with Crippen molar-refractivity contribution in [1.29, 1.82) is 0 Å². The van der Waals surface area contributed by atoms with Gasteiger partial charge in [0.15, 0.2) is 5.96 Å². The molecule has 3 rings (SSSR count). The zero-order valence-corrected chi connectivity index (χ0v) is 16.2. The van der Waals surface area contributed by atoms with E-state index < -0.39 is 10.0 Å². The van der Waals surface area contributed by atoms with E-state index in [9.17, 15) is 8.42 Å². The second-order valence-electron chi connectivity index (χ2n) is 5.83. The number of nitrogens with zero attached hydrogens (tertiary/aromatic N) is 4. The molecule has 0 radical (unpaired) electrons. The normalized spacial score (nSPS) is 17.7. The number of aliphatic imine (C=N–C) groups is 1. The Morgan fingerprint density at radius 2 is 2.38 bits per heavy atom. The van der Waals surface area contributed by atoms with E-state index in [-0.39, 0.29) is 12.6 Å². The number of sulfonamides is 1. The summed E-state index contributed by atoms with van der Waals surface area (Å²) in [7, 11) is -3.44. The fourth-order valence-corrected chi connectivity index (χ4v) is 4.76. The van der Waals surface area contributed by atoms with Gasteiger partial charge in [-0.3, -0.25) is 4.99 Å². The lowest BCUT2D eigenvalue weighted by molar-refractivity contribution is 0.393. The van der Waals surface area contributed by atoms with E-state index in [1.807, 2.05) is 11.6 Å². The molecule has 1 atom stereocenters. The Kier molecular flexibility index (Phi) is 6.22. The molecule has 1 aliphatic rings. The molecule has 1 unspecified atom stereocenters. The van der Waals surface area contributed by atoms with Gasteiger partial charge < -0.3 is 10.6 Å². The molecule has 3 heterocycles. The Morgan fingerprint density at radius 3 is 3.15 bits per heavy atom. The molecule has 1 aliphatic heterocycles. The molecule has 0 saturated carbocycles. The average molecular weight is 398 g/mol. The fraction of sp³-hybridized carbons (Fsp3) is 0.533. The van der Waals surface area contributed by atoms with Crippen LogP contribution in [-0.4, -0.2) is 54.8 Å². The number of thiophene rings is 1. The molecule has 2 aromatic heterocycles. The van der Waals surface area contributed by atoms with E-state index >= 15 is 0 Å². The molecule has 26 heavy (non-hydrogen) atoms. The van der Waals surface area contributed by atoms with Crippen LogP contribution in [0.4, 0.5) is 0 Å². The molecule has 0 saturated heterocycles. The minimum Gasteiger partial charge on any atom is -0.357 e. The first kappa shape index (κ1) is 18.8. The largest absolute Gasteiger partial charge is 0.357 e. The molecule has 0 fully saturated rings. The van der Waals surface area contributed by atoms with Gasteiger partial charge in [0.25, 0.3) is 0 Å². The summed E-state index contributed by atoms with van der Waals surface area (Å²) < 4.78 is 28.9. The Morgan fingerprint density at radius 1 is 1.50 bits per heavy atom. The summed E-state index contributed by atoms with van der Waals surface area (Å²) in [5, 5.41) is 12.5. The Labute approximate surface area is 157 Å². The van der Waals surface area contributed by atoms with Crippen LogP contribution in [0.3, 0.4) is 0 Å². The molecule has 142 valence electrons. The fourth-order valence-electron chi connectivity index (χ4n) is 2.70. The van der Waals surface area contributed by atoms with Crippen LogP contribution in [0.2, 0.25) is 0 Å². The van der Waals surface area contributed by atoms with Gasteiger partial charge in [-0.25, -0.2) is 22.8 Å². The van der Waals surface area contributed by atoms with E-state index in [0.717, 1.165) is 31.8 Å². The number of hydrogen-bond donors (Lipinski definition) is 3. The molecule has 9 nitrogen and oxygen atoms in total. The van der Waals surface area contributed by atoms with Gasteiger partial charge in [0.2, 0.25) is 10.0 Å². The SMILES string of the molecule is CCNC(=NCCNS(=O)(=O)c1cccs1)NC1CCc2ncnn2C1. The van der Waals surface area contributed by atoms with Crippen molar-refractivity contribution in [1.82, 2.24) is 30.1 Å². The van der Waals surface area contributed by atoms with Gasteiger partial charge in [-0.05, 0) is 24.8 Å². The number of rotatable bonds is 7. The number of nitrogens with one attached hydrogen (secondary N) is 3. The summed E-state index contributed by atoms with van der Waals surface area (Å²) in [4.78, 5) is 8.69. The van der Waals surface area contributed by atoms with Crippen molar-refractivity contribution in [3.05, 3.63) is 29.7 Å². The maximum absolute atomic E-state index is 12.1. The summed E-state index contributed by atoms with van der Waals surface area (Å²) >= 11 is 1.20. The smallest absolute Gasteiger partial charge is 0.250 e. The molecule has 0 aliphatic carbocycles. The second kappa shape index (κ2) is 8.60. The zero-order valence-electron chi connectivity index (χ0n) is 14.6. The first-order chi connectivity index (χ1) is 12.6. The summed E-state index contributed by atoms with van der Waals surface area (Å²) in [6, 6.07) is 3.52. The van der Waals surface area contributed by atoms with Gasteiger partial charge >= 0.3 is 0 Å². The number of hydrogen-bond acceptors (Lipinski definition) is 6. The highest BCUT2D eigenvalue weighted by molar-refractivity contribution is 7.91. The van der Waals surface area contributed by atoms with Gasteiger partial charge in [0.05, 0.1) is 13.1 Å². The quantitative estimate of drug-likeness (QED) is 0.349. The molecule has 0 bridgehead atoms. The number of aromatic nitrogens is 3. The standard InChI is InChI=1S/C15H23N7O2S2/c1-2-16-15(21-12-5-6-13-18-11-19-22(13)10-12)17-7-8-20-26(23,24)14-4-3-9-25-14/h3-4,9,11-12,20H,2,5-8,10H2,1H3,(H2,16,17,21). The summed E-state index contributed by atoms with van der Waals surface area (Å²) in [6.07, 6.45) is 3.41. The summed E-state index contributed by atoms with van der Waals surface area (Å²) in [6.45, 7) is 4.06. The van der Waals surface area contributed by atoms with Crippen molar-refractivity contribution >= 4 is 27.3 Å². The van der Waals surface area contributed by atoms with E-state index in [0.29, 0.717) is 16.7 Å². The van der Waals surface area contributed by atoms with Crippen LogP contribution in [0.15, 0.2) is 33.0 Å². The minimum atomic E-state index is -3.44. The third-order valence-corrected chi connectivity index (χ3v) is 6.78. The van der Waals surface area contributed by atoms with Crippen molar-refractivity contribution in [2.24, 2.45) is 4.99 Å². The summed E-state index contributed by atoms with van der Waals surface area (Å²) in [5.74, 6) is 1.68. The highest BCUT2D eigenvalue weighted by Gasteiger charge is 2.20. The maximum atomic E-state index is 12.1. The Bertz CT molecular complexity index is 830. The average Bonchev–Trinajstić information content (AvgIpc) is 3.30. The van der Waals surface area contributed by atoms with E-state index in [4.69, 9.17) is 0 Å². The van der Waals surface area contributed by atoms with Gasteiger partial charge in [0, 0.05) is 25.6 Å². The van der Waals surface area contributed by atoms with E-state index in [1.165, 1.54) is 11.3 Å². The van der Waals surface area contributed by atoms with E-state index in [1.54, 1.807) is 23.8 Å². The third kappa shape index (κ3) is 4.80. The maximum Gasteiger partial charge on any atom is 0.250 e. The lowest BCUT2D eigenvalue weighted by atomic mass is 10.1. The van der Waals surface area contributed by atoms with Crippen LogP contribution < -0.4 is 15.4 Å². The topological polar surface area (TPSA) is 113 Å². The molecule has 0 spiro atoms. The zero-order chi connectivity index (χ0) is 18.4. The molecular weight excluding hydrogens is 374 g/mol. The number of guanidine groups is 1. The third-order valence-electron chi connectivity index (χ3n) is 3.92. The Hall–Kier alpha value is -1.98. The van der Waals surface area contributed by atoms with Gasteiger partial charge in [-0.2, -0.15) is 5.10 Å². The molecule has 2 aromatic rings. The van der Waals surface area contributed by atoms with Crippen molar-refractivity contribution in [2.45, 2.75) is 36.6 Å². The first-order valence-corrected chi connectivity index (χ1v) is 10.9. The van der Waals surface area contributed by atoms with Gasteiger partial charge in [0.1, 0.15) is 16.4 Å². The van der Waals surface area contributed by atoms with Crippen LogP contribution in [0.25, 0.3) is 0 Å². The predicted molar refractivity (Wildman–Crippen MR) is 101 cm³/mol. The first-order valence-electron chi connectivity index (χ1n) is 8.53. The van der Waals surface area contributed by atoms with Crippen LogP contribution in [0.5, 0.6) is 0 Å². The van der Waals surface area contributed by atoms with Crippen LogP contribution in [0.1, 0.15) is 19.2 Å². The van der Waals surface area contributed by atoms with Crippen molar-refractivity contribution < 1.29 is 8.42 Å². The second-order valence-corrected chi connectivity index (χ2v) is 8.77. The lowest BCUT2D eigenvalue weighted by Crippen LogP contribution is -2.47. The molecule has 0 aromatic carbocycles. The molecular formula is C15H23N7O2S2. The molecule has 3 N–H and O–H groups in total. The van der Waals surface area contributed by atoms with Gasteiger partial charge in [-0.15, -0.1) is 11.3 Å². The van der Waals surface area contributed by atoms with E-state index in [2.05, 4.69) is 30.4 Å². The molecule has 0 amide bonds. The molecule has 11 heteroatoms.